The van der Waals surface area contributed by atoms with Crippen molar-refractivity contribution in [3.8, 4) is 0 Å². The molecule has 1 aromatic carbocycles. The van der Waals surface area contributed by atoms with E-state index in [-0.39, 0.29) is 24.2 Å². The molecule has 3 heterocycles. The van der Waals surface area contributed by atoms with Crippen LogP contribution in [0.1, 0.15) is 28.7 Å². The molecule has 10 heteroatoms. The number of amides is 2. The number of piperazine rings is 1. The van der Waals surface area contributed by atoms with Crippen LogP contribution >= 0.6 is 11.3 Å². The molecular formula is C21H25N5O4S. The molecule has 9 nitrogen and oxygen atoms in total. The molecule has 2 aromatic rings. The fourth-order valence-electron chi connectivity index (χ4n) is 3.90. The Morgan fingerprint density at radius 3 is 2.45 bits per heavy atom. The first-order chi connectivity index (χ1) is 15.0. The van der Waals surface area contributed by atoms with Crippen molar-refractivity contribution in [1.29, 1.82) is 0 Å². The van der Waals surface area contributed by atoms with E-state index in [9.17, 15) is 14.4 Å². The summed E-state index contributed by atoms with van der Waals surface area (Å²) in [5.74, 6) is -0.803. The second kappa shape index (κ2) is 9.01. The predicted octanol–water partition coefficient (Wildman–Crippen LogP) is 1.72. The zero-order valence-corrected chi connectivity index (χ0v) is 18.4. The van der Waals surface area contributed by atoms with Crippen molar-refractivity contribution in [2.24, 2.45) is 5.92 Å². The summed E-state index contributed by atoms with van der Waals surface area (Å²) in [4.78, 5) is 43.0. The van der Waals surface area contributed by atoms with Gasteiger partial charge in [0, 0.05) is 44.8 Å². The Morgan fingerprint density at radius 2 is 1.84 bits per heavy atom. The Hall–Kier alpha value is -3.01. The van der Waals surface area contributed by atoms with Crippen molar-refractivity contribution in [3.05, 3.63) is 34.8 Å². The molecule has 2 saturated heterocycles. The Kier molecular flexibility index (Phi) is 6.17. The Bertz CT molecular complexity index is 968. The number of nitrogens with zero attached hydrogens (tertiary/aromatic N) is 5. The third kappa shape index (κ3) is 4.53. The lowest BCUT2D eigenvalue weighted by Crippen LogP contribution is -2.50. The third-order valence-electron chi connectivity index (χ3n) is 5.54. The lowest BCUT2D eigenvalue weighted by atomic mass is 10.1. The first-order valence-corrected chi connectivity index (χ1v) is 11.2. The molecule has 2 amide bonds. The number of aromatic nitrogens is 2. The molecule has 31 heavy (non-hydrogen) atoms. The zero-order valence-electron chi connectivity index (χ0n) is 17.6. The van der Waals surface area contributed by atoms with Crippen LogP contribution in [0.4, 0.5) is 10.8 Å². The molecule has 0 radical (unpaired) electrons. The summed E-state index contributed by atoms with van der Waals surface area (Å²) in [6.07, 6.45) is 0.203. The average Bonchev–Trinajstić information content (AvgIpc) is 3.39. The Balaban J connectivity index is 1.35. The molecule has 0 aliphatic carbocycles. The minimum absolute atomic E-state index is 0.0205. The van der Waals surface area contributed by atoms with E-state index < -0.39 is 5.97 Å². The number of anilines is 2. The zero-order chi connectivity index (χ0) is 22.0. The van der Waals surface area contributed by atoms with E-state index in [1.807, 2.05) is 11.8 Å². The van der Waals surface area contributed by atoms with Crippen LogP contribution in [0.5, 0.6) is 0 Å². The van der Waals surface area contributed by atoms with Gasteiger partial charge in [-0.3, -0.25) is 9.59 Å². The van der Waals surface area contributed by atoms with Crippen LogP contribution in [-0.2, 0) is 14.3 Å². The highest BCUT2D eigenvalue weighted by Crippen LogP contribution is 2.28. The van der Waals surface area contributed by atoms with E-state index in [1.54, 1.807) is 47.4 Å². The number of ether oxygens (including phenoxy) is 1. The molecule has 0 bridgehead atoms. The Morgan fingerprint density at radius 1 is 1.13 bits per heavy atom. The van der Waals surface area contributed by atoms with Crippen molar-refractivity contribution in [1.82, 2.24) is 15.1 Å². The van der Waals surface area contributed by atoms with Gasteiger partial charge in [-0.1, -0.05) is 11.3 Å². The van der Waals surface area contributed by atoms with Gasteiger partial charge in [0.05, 0.1) is 18.1 Å². The number of hydrogen-bond acceptors (Lipinski definition) is 8. The maximum Gasteiger partial charge on any atom is 0.338 e. The molecule has 1 unspecified atom stereocenters. The fourth-order valence-corrected chi connectivity index (χ4v) is 4.64. The highest BCUT2D eigenvalue weighted by atomic mass is 32.1. The number of carbonyl (C=O) groups is 3. The largest absolute Gasteiger partial charge is 0.462 e. The van der Waals surface area contributed by atoms with Gasteiger partial charge in [0.2, 0.25) is 16.9 Å². The second-order valence-corrected chi connectivity index (χ2v) is 8.75. The number of esters is 1. The van der Waals surface area contributed by atoms with Crippen LogP contribution in [0.15, 0.2) is 24.3 Å². The molecular weight excluding hydrogens is 418 g/mol. The number of benzene rings is 1. The van der Waals surface area contributed by atoms with E-state index in [0.29, 0.717) is 50.6 Å². The van der Waals surface area contributed by atoms with Gasteiger partial charge < -0.3 is 19.4 Å². The van der Waals surface area contributed by atoms with Gasteiger partial charge in [0.25, 0.3) is 0 Å². The summed E-state index contributed by atoms with van der Waals surface area (Å²) in [6, 6.07) is 6.73. The van der Waals surface area contributed by atoms with Crippen molar-refractivity contribution < 1.29 is 19.1 Å². The first kappa shape index (κ1) is 21.2. The van der Waals surface area contributed by atoms with Gasteiger partial charge >= 0.3 is 5.97 Å². The molecule has 2 aliphatic heterocycles. The van der Waals surface area contributed by atoms with E-state index in [1.165, 1.54) is 0 Å². The molecule has 0 spiro atoms. The fraction of sp³-hybridized carbons (Fsp3) is 0.476. The summed E-state index contributed by atoms with van der Waals surface area (Å²) in [6.45, 7) is 6.97. The van der Waals surface area contributed by atoms with Crippen LogP contribution in [0.3, 0.4) is 0 Å². The van der Waals surface area contributed by atoms with E-state index >= 15 is 0 Å². The SMILES string of the molecule is CCOC(=O)c1ccc(N2CC(C(=O)N3CCN(c4nnc(C)s4)CC3)CC2=O)cc1. The van der Waals surface area contributed by atoms with Gasteiger partial charge in [-0.05, 0) is 38.1 Å². The van der Waals surface area contributed by atoms with E-state index in [4.69, 9.17) is 4.74 Å². The number of aryl methyl sites for hydroxylation is 1. The minimum Gasteiger partial charge on any atom is -0.462 e. The Labute approximate surface area is 184 Å². The molecule has 2 fully saturated rings. The third-order valence-corrected chi connectivity index (χ3v) is 6.44. The highest BCUT2D eigenvalue weighted by molar-refractivity contribution is 7.15. The van der Waals surface area contributed by atoms with Crippen LogP contribution < -0.4 is 9.80 Å². The van der Waals surface area contributed by atoms with Gasteiger partial charge in [-0.25, -0.2) is 4.79 Å². The lowest BCUT2D eigenvalue weighted by Gasteiger charge is -2.35. The predicted molar refractivity (Wildman–Crippen MR) is 116 cm³/mol. The number of carbonyl (C=O) groups excluding carboxylic acids is 3. The van der Waals surface area contributed by atoms with Crippen molar-refractivity contribution >= 4 is 39.9 Å². The molecule has 0 N–H and O–H groups in total. The molecule has 0 saturated carbocycles. The number of hydrogen-bond donors (Lipinski definition) is 0. The van der Waals surface area contributed by atoms with Crippen molar-refractivity contribution in [3.63, 3.8) is 0 Å². The summed E-state index contributed by atoms with van der Waals surface area (Å²) >= 11 is 1.55. The van der Waals surface area contributed by atoms with Crippen LogP contribution in [0, 0.1) is 12.8 Å². The maximum absolute atomic E-state index is 13.0. The van der Waals surface area contributed by atoms with Crippen LogP contribution in [0.2, 0.25) is 0 Å². The molecule has 4 rings (SSSR count). The van der Waals surface area contributed by atoms with Gasteiger partial charge in [-0.15, -0.1) is 10.2 Å². The van der Waals surface area contributed by atoms with Crippen molar-refractivity contribution in [2.75, 3.05) is 49.1 Å². The molecule has 1 atom stereocenters. The normalized spacial score (nSPS) is 19.1. The van der Waals surface area contributed by atoms with Crippen LogP contribution in [-0.4, -0.2) is 72.2 Å². The highest BCUT2D eigenvalue weighted by Gasteiger charge is 2.38. The van der Waals surface area contributed by atoms with Gasteiger partial charge in [-0.2, -0.15) is 0 Å². The standard InChI is InChI=1S/C21H25N5O4S/c1-3-30-20(29)15-4-6-17(7-5-15)26-13-16(12-18(26)27)19(28)24-8-10-25(11-9-24)21-23-22-14(2)31-21/h4-7,16H,3,8-13H2,1-2H3. The minimum atomic E-state index is -0.391. The average molecular weight is 444 g/mol. The monoisotopic (exact) mass is 443 g/mol. The van der Waals surface area contributed by atoms with E-state index in [2.05, 4.69) is 15.1 Å². The molecule has 164 valence electrons. The molecule has 2 aliphatic rings. The smallest absolute Gasteiger partial charge is 0.338 e. The van der Waals surface area contributed by atoms with Gasteiger partial charge in [0.15, 0.2) is 0 Å². The van der Waals surface area contributed by atoms with Crippen LogP contribution in [0.25, 0.3) is 0 Å². The quantitative estimate of drug-likeness (QED) is 0.649. The first-order valence-electron chi connectivity index (χ1n) is 10.4. The molecule has 1 aromatic heterocycles. The van der Waals surface area contributed by atoms with Gasteiger partial charge in [0.1, 0.15) is 5.01 Å². The second-order valence-electron chi connectivity index (χ2n) is 7.59. The maximum atomic E-state index is 13.0. The van der Waals surface area contributed by atoms with Crippen molar-refractivity contribution in [2.45, 2.75) is 20.3 Å². The topological polar surface area (TPSA) is 95.9 Å². The number of rotatable bonds is 5. The summed E-state index contributed by atoms with van der Waals surface area (Å²) in [7, 11) is 0. The summed E-state index contributed by atoms with van der Waals surface area (Å²) in [5.41, 5.74) is 1.12. The lowest BCUT2D eigenvalue weighted by molar-refractivity contribution is -0.136. The summed E-state index contributed by atoms with van der Waals surface area (Å²) < 4.78 is 4.99. The van der Waals surface area contributed by atoms with E-state index in [0.717, 1.165) is 10.1 Å². The summed E-state index contributed by atoms with van der Waals surface area (Å²) in [5, 5.41) is 10.0.